The standard InChI is InChI=1S/C20H25N3O2/c1-15-5-4-6-18(13-15)7-8-20(24)23-11-9-22(10-12-23)14-19-16(2)21-25-17(19)3/h4-8,13H,9-12,14H2,1-3H3. The number of amides is 1. The van der Waals surface area contributed by atoms with E-state index < -0.39 is 0 Å². The Balaban J connectivity index is 1.52. The summed E-state index contributed by atoms with van der Waals surface area (Å²) in [5, 5.41) is 4.01. The van der Waals surface area contributed by atoms with Gasteiger partial charge in [-0.2, -0.15) is 0 Å². The second kappa shape index (κ2) is 7.66. The summed E-state index contributed by atoms with van der Waals surface area (Å²) in [6.07, 6.45) is 3.57. The van der Waals surface area contributed by atoms with E-state index in [4.69, 9.17) is 4.52 Å². The molecule has 0 N–H and O–H groups in total. The van der Waals surface area contributed by atoms with Gasteiger partial charge < -0.3 is 9.42 Å². The van der Waals surface area contributed by atoms with Gasteiger partial charge in [0.2, 0.25) is 5.91 Å². The molecule has 0 atom stereocenters. The van der Waals surface area contributed by atoms with Gasteiger partial charge in [-0.05, 0) is 32.4 Å². The van der Waals surface area contributed by atoms with E-state index in [9.17, 15) is 4.79 Å². The summed E-state index contributed by atoms with van der Waals surface area (Å²) < 4.78 is 5.23. The fraction of sp³-hybridized carbons (Fsp3) is 0.400. The molecule has 0 radical (unpaired) electrons. The first-order chi connectivity index (χ1) is 12.0. The number of aromatic nitrogens is 1. The van der Waals surface area contributed by atoms with Crippen LogP contribution in [0.5, 0.6) is 0 Å². The largest absolute Gasteiger partial charge is 0.361 e. The van der Waals surface area contributed by atoms with Gasteiger partial charge in [0.1, 0.15) is 5.76 Å². The number of carbonyl (C=O) groups is 1. The number of nitrogens with zero attached hydrogens (tertiary/aromatic N) is 3. The highest BCUT2D eigenvalue weighted by Crippen LogP contribution is 2.16. The lowest BCUT2D eigenvalue weighted by molar-refractivity contribution is -0.127. The molecule has 5 heteroatoms. The van der Waals surface area contributed by atoms with E-state index in [2.05, 4.69) is 29.1 Å². The molecule has 0 bridgehead atoms. The first kappa shape index (κ1) is 17.4. The minimum Gasteiger partial charge on any atom is -0.361 e. The molecule has 0 unspecified atom stereocenters. The molecular formula is C20H25N3O2. The smallest absolute Gasteiger partial charge is 0.246 e. The summed E-state index contributed by atoms with van der Waals surface area (Å²) in [6, 6.07) is 8.15. The fourth-order valence-electron chi connectivity index (χ4n) is 3.12. The van der Waals surface area contributed by atoms with E-state index in [1.165, 1.54) is 11.1 Å². The second-order valence-corrected chi connectivity index (χ2v) is 6.65. The molecule has 2 heterocycles. The van der Waals surface area contributed by atoms with Gasteiger partial charge in [0.25, 0.3) is 0 Å². The highest BCUT2D eigenvalue weighted by atomic mass is 16.5. The Kier molecular flexibility index (Phi) is 5.34. The number of carbonyl (C=O) groups excluding carboxylic acids is 1. The molecule has 1 aromatic carbocycles. The summed E-state index contributed by atoms with van der Waals surface area (Å²) in [7, 11) is 0. The van der Waals surface area contributed by atoms with Crippen LogP contribution in [0.15, 0.2) is 34.9 Å². The third-order valence-electron chi connectivity index (χ3n) is 4.71. The third-order valence-corrected chi connectivity index (χ3v) is 4.71. The van der Waals surface area contributed by atoms with Crippen LogP contribution in [0.4, 0.5) is 0 Å². The number of hydrogen-bond donors (Lipinski definition) is 0. The van der Waals surface area contributed by atoms with Gasteiger partial charge in [-0.15, -0.1) is 0 Å². The third kappa shape index (κ3) is 4.37. The zero-order chi connectivity index (χ0) is 17.8. The SMILES string of the molecule is Cc1cccc(C=CC(=O)N2CCN(Cc3c(C)noc3C)CC2)c1. The molecule has 25 heavy (non-hydrogen) atoms. The summed E-state index contributed by atoms with van der Waals surface area (Å²) in [5.74, 6) is 0.968. The molecule has 0 saturated carbocycles. The molecular weight excluding hydrogens is 314 g/mol. The van der Waals surface area contributed by atoms with E-state index in [1.807, 2.05) is 37.0 Å². The fourth-order valence-corrected chi connectivity index (χ4v) is 3.12. The summed E-state index contributed by atoms with van der Waals surface area (Å²) >= 11 is 0. The van der Waals surface area contributed by atoms with Crippen molar-refractivity contribution in [2.75, 3.05) is 26.2 Å². The van der Waals surface area contributed by atoms with Crippen LogP contribution in [0.3, 0.4) is 0 Å². The number of hydrogen-bond acceptors (Lipinski definition) is 4. The highest BCUT2D eigenvalue weighted by Gasteiger charge is 2.21. The van der Waals surface area contributed by atoms with Gasteiger partial charge in [0.15, 0.2) is 0 Å². The molecule has 5 nitrogen and oxygen atoms in total. The molecule has 0 spiro atoms. The van der Waals surface area contributed by atoms with E-state index >= 15 is 0 Å². The van der Waals surface area contributed by atoms with Crippen LogP contribution in [-0.2, 0) is 11.3 Å². The minimum atomic E-state index is 0.0819. The van der Waals surface area contributed by atoms with Gasteiger partial charge in [-0.25, -0.2) is 0 Å². The molecule has 132 valence electrons. The maximum atomic E-state index is 12.4. The van der Waals surface area contributed by atoms with Crippen molar-refractivity contribution in [3.63, 3.8) is 0 Å². The number of rotatable bonds is 4. The maximum absolute atomic E-state index is 12.4. The average Bonchev–Trinajstić information content (AvgIpc) is 2.92. The maximum Gasteiger partial charge on any atom is 0.246 e. The Morgan fingerprint density at radius 2 is 1.96 bits per heavy atom. The van der Waals surface area contributed by atoms with Crippen molar-refractivity contribution >= 4 is 12.0 Å². The first-order valence-corrected chi connectivity index (χ1v) is 8.70. The van der Waals surface area contributed by atoms with Crippen LogP contribution in [-0.4, -0.2) is 47.0 Å². The van der Waals surface area contributed by atoms with Crippen molar-refractivity contribution < 1.29 is 9.32 Å². The van der Waals surface area contributed by atoms with Gasteiger partial charge in [-0.3, -0.25) is 9.69 Å². The van der Waals surface area contributed by atoms with Crippen molar-refractivity contribution in [1.82, 2.24) is 15.0 Å². The Bertz CT molecular complexity index is 751. The van der Waals surface area contributed by atoms with Gasteiger partial charge in [0.05, 0.1) is 5.69 Å². The predicted molar refractivity (Wildman–Crippen MR) is 98.0 cm³/mol. The second-order valence-electron chi connectivity index (χ2n) is 6.65. The quantitative estimate of drug-likeness (QED) is 0.804. The minimum absolute atomic E-state index is 0.0819. The van der Waals surface area contributed by atoms with E-state index in [-0.39, 0.29) is 5.91 Å². The van der Waals surface area contributed by atoms with Crippen LogP contribution in [0.2, 0.25) is 0 Å². The van der Waals surface area contributed by atoms with Gasteiger partial charge in [0, 0.05) is 44.4 Å². The molecule has 1 aliphatic heterocycles. The molecule has 2 aromatic rings. The van der Waals surface area contributed by atoms with Crippen LogP contribution in [0.1, 0.15) is 28.1 Å². The Labute approximate surface area is 148 Å². The summed E-state index contributed by atoms with van der Waals surface area (Å²) in [5.41, 5.74) is 4.38. The normalized spacial score (nSPS) is 15.9. The lowest BCUT2D eigenvalue weighted by Gasteiger charge is -2.34. The highest BCUT2D eigenvalue weighted by molar-refractivity contribution is 5.91. The Morgan fingerprint density at radius 1 is 1.20 bits per heavy atom. The molecule has 1 aliphatic rings. The summed E-state index contributed by atoms with van der Waals surface area (Å²) in [6.45, 7) is 10.1. The number of aryl methyl sites for hydroxylation is 3. The van der Waals surface area contributed by atoms with Crippen LogP contribution in [0.25, 0.3) is 6.08 Å². The molecule has 1 amide bonds. The zero-order valence-corrected chi connectivity index (χ0v) is 15.2. The lowest BCUT2D eigenvalue weighted by atomic mass is 10.1. The zero-order valence-electron chi connectivity index (χ0n) is 15.2. The molecule has 1 saturated heterocycles. The first-order valence-electron chi connectivity index (χ1n) is 8.70. The van der Waals surface area contributed by atoms with Crippen molar-refractivity contribution in [2.24, 2.45) is 0 Å². The van der Waals surface area contributed by atoms with E-state index in [0.717, 1.165) is 49.7 Å². The van der Waals surface area contributed by atoms with Crippen molar-refractivity contribution in [1.29, 1.82) is 0 Å². The average molecular weight is 339 g/mol. The summed E-state index contributed by atoms with van der Waals surface area (Å²) in [4.78, 5) is 16.6. The van der Waals surface area contributed by atoms with E-state index in [0.29, 0.717) is 0 Å². The lowest BCUT2D eigenvalue weighted by Crippen LogP contribution is -2.47. The van der Waals surface area contributed by atoms with Gasteiger partial charge in [-0.1, -0.05) is 35.0 Å². The Hall–Kier alpha value is -2.40. The molecule has 1 fully saturated rings. The monoisotopic (exact) mass is 339 g/mol. The molecule has 3 rings (SSSR count). The van der Waals surface area contributed by atoms with Crippen molar-refractivity contribution in [3.05, 3.63) is 58.5 Å². The molecule has 1 aromatic heterocycles. The molecule has 0 aliphatic carbocycles. The Morgan fingerprint density at radius 3 is 2.60 bits per heavy atom. The van der Waals surface area contributed by atoms with Crippen molar-refractivity contribution in [3.8, 4) is 0 Å². The topological polar surface area (TPSA) is 49.6 Å². The van der Waals surface area contributed by atoms with E-state index in [1.54, 1.807) is 6.08 Å². The van der Waals surface area contributed by atoms with Crippen LogP contribution in [0, 0.1) is 20.8 Å². The van der Waals surface area contributed by atoms with Gasteiger partial charge >= 0.3 is 0 Å². The predicted octanol–water partition coefficient (Wildman–Crippen LogP) is 2.96. The van der Waals surface area contributed by atoms with Crippen LogP contribution < -0.4 is 0 Å². The number of piperazine rings is 1. The number of benzene rings is 1. The van der Waals surface area contributed by atoms with Crippen molar-refractivity contribution in [2.45, 2.75) is 27.3 Å². The van der Waals surface area contributed by atoms with Crippen LogP contribution >= 0.6 is 0 Å².